The highest BCUT2D eigenvalue weighted by atomic mass is 79.9. The van der Waals surface area contributed by atoms with Gasteiger partial charge in [0, 0.05) is 23.3 Å². The molecule has 1 aromatic heterocycles. The van der Waals surface area contributed by atoms with Gasteiger partial charge in [-0.3, -0.25) is 4.79 Å². The van der Waals surface area contributed by atoms with Crippen molar-refractivity contribution in [2.45, 2.75) is 13.5 Å². The average molecular weight is 421 g/mol. The molecule has 2 heterocycles. The minimum Gasteiger partial charge on any atom is -0.497 e. The molecule has 2 aromatic rings. The van der Waals surface area contributed by atoms with Gasteiger partial charge < -0.3 is 19.7 Å². The van der Waals surface area contributed by atoms with Gasteiger partial charge in [-0.05, 0) is 47.1 Å². The van der Waals surface area contributed by atoms with Gasteiger partial charge in [0.25, 0.3) is 5.91 Å². The van der Waals surface area contributed by atoms with Crippen LogP contribution in [-0.4, -0.2) is 49.3 Å². The van der Waals surface area contributed by atoms with Crippen molar-refractivity contribution >= 4 is 27.8 Å². The number of methoxy groups -OCH3 is 1. The first-order valence-electron chi connectivity index (χ1n) is 8.36. The number of nitrogens with one attached hydrogen (secondary N) is 1. The van der Waals surface area contributed by atoms with Crippen LogP contribution in [0.15, 0.2) is 28.7 Å². The molecule has 0 spiro atoms. The van der Waals surface area contributed by atoms with E-state index in [-0.39, 0.29) is 5.91 Å². The number of aryl methyl sites for hydroxylation is 1. The summed E-state index contributed by atoms with van der Waals surface area (Å²) in [7, 11) is 1.57. The summed E-state index contributed by atoms with van der Waals surface area (Å²) >= 11 is 3.40. The summed E-state index contributed by atoms with van der Waals surface area (Å²) < 4.78 is 11.3. The molecule has 1 fully saturated rings. The van der Waals surface area contributed by atoms with E-state index in [0.717, 1.165) is 24.5 Å². The molecule has 8 heteroatoms. The highest BCUT2D eigenvalue weighted by Gasteiger charge is 2.16. The summed E-state index contributed by atoms with van der Waals surface area (Å²) in [4.78, 5) is 23.7. The molecule has 0 saturated carbocycles. The first kappa shape index (κ1) is 18.6. The van der Waals surface area contributed by atoms with Gasteiger partial charge in [-0.2, -0.15) is 0 Å². The van der Waals surface area contributed by atoms with E-state index in [1.54, 1.807) is 25.3 Å². The van der Waals surface area contributed by atoms with E-state index in [9.17, 15) is 4.79 Å². The van der Waals surface area contributed by atoms with Crippen LogP contribution < -0.4 is 15.0 Å². The molecule has 1 aliphatic rings. The Balaban J connectivity index is 1.71. The minimum absolute atomic E-state index is 0.194. The van der Waals surface area contributed by atoms with Gasteiger partial charge in [0.05, 0.1) is 38.1 Å². The van der Waals surface area contributed by atoms with Crippen molar-refractivity contribution in [3.63, 3.8) is 0 Å². The molecule has 138 valence electrons. The van der Waals surface area contributed by atoms with Crippen molar-refractivity contribution in [1.29, 1.82) is 0 Å². The van der Waals surface area contributed by atoms with Gasteiger partial charge >= 0.3 is 0 Å². The number of nitrogens with zero attached hydrogens (tertiary/aromatic N) is 3. The van der Waals surface area contributed by atoms with E-state index >= 15 is 0 Å². The van der Waals surface area contributed by atoms with Gasteiger partial charge in [-0.15, -0.1) is 0 Å². The van der Waals surface area contributed by atoms with Crippen LogP contribution in [0.25, 0.3) is 0 Å². The Morgan fingerprint density at radius 3 is 2.81 bits per heavy atom. The van der Waals surface area contributed by atoms with Crippen molar-refractivity contribution in [3.8, 4) is 5.75 Å². The van der Waals surface area contributed by atoms with Crippen molar-refractivity contribution in [3.05, 3.63) is 45.7 Å². The number of hydrogen-bond acceptors (Lipinski definition) is 6. The van der Waals surface area contributed by atoms with E-state index in [2.05, 4.69) is 36.1 Å². The first-order chi connectivity index (χ1) is 12.6. The molecule has 1 aliphatic heterocycles. The standard InChI is InChI=1S/C18H21BrN4O3/c1-12-9-13(22-18(21-12)23-5-7-26-8-6-23)11-20-17(24)15-10-14(25-2)3-4-16(15)19/h3-4,9-10H,5-8,11H2,1-2H3,(H,20,24). The molecule has 1 amide bonds. The monoisotopic (exact) mass is 420 g/mol. The van der Waals surface area contributed by atoms with E-state index in [1.807, 2.05) is 13.0 Å². The van der Waals surface area contributed by atoms with Crippen LogP contribution >= 0.6 is 15.9 Å². The Bertz CT molecular complexity index is 794. The number of carbonyl (C=O) groups is 1. The molecule has 3 rings (SSSR count). The van der Waals surface area contributed by atoms with Gasteiger partial charge in [-0.1, -0.05) is 0 Å². The Labute approximate surface area is 160 Å². The molecule has 0 atom stereocenters. The lowest BCUT2D eigenvalue weighted by molar-refractivity contribution is 0.0949. The van der Waals surface area contributed by atoms with Crippen molar-refractivity contribution in [1.82, 2.24) is 15.3 Å². The van der Waals surface area contributed by atoms with Crippen LogP contribution in [-0.2, 0) is 11.3 Å². The molecule has 0 bridgehead atoms. The predicted molar refractivity (Wildman–Crippen MR) is 102 cm³/mol. The molecule has 26 heavy (non-hydrogen) atoms. The van der Waals surface area contributed by atoms with Gasteiger partial charge in [0.2, 0.25) is 5.95 Å². The number of morpholine rings is 1. The number of aromatic nitrogens is 2. The van der Waals surface area contributed by atoms with Crippen LogP contribution in [0.5, 0.6) is 5.75 Å². The zero-order chi connectivity index (χ0) is 18.5. The maximum absolute atomic E-state index is 12.5. The third kappa shape index (κ3) is 4.50. The van der Waals surface area contributed by atoms with E-state index in [4.69, 9.17) is 9.47 Å². The topological polar surface area (TPSA) is 76.6 Å². The molecule has 1 aromatic carbocycles. The van der Waals surface area contributed by atoms with Crippen molar-refractivity contribution in [2.24, 2.45) is 0 Å². The van der Waals surface area contributed by atoms with Crippen LogP contribution in [0, 0.1) is 6.92 Å². The zero-order valence-electron chi connectivity index (χ0n) is 14.8. The summed E-state index contributed by atoms with van der Waals surface area (Å²) in [6, 6.07) is 7.16. The number of carbonyl (C=O) groups excluding carboxylic acids is 1. The number of amides is 1. The fraction of sp³-hybridized carbons (Fsp3) is 0.389. The maximum Gasteiger partial charge on any atom is 0.252 e. The number of rotatable bonds is 5. The zero-order valence-corrected chi connectivity index (χ0v) is 16.4. The second-order valence-corrected chi connectivity index (χ2v) is 6.78. The number of anilines is 1. The molecular formula is C18H21BrN4O3. The van der Waals surface area contributed by atoms with E-state index < -0.39 is 0 Å². The normalized spacial score (nSPS) is 14.2. The summed E-state index contributed by atoms with van der Waals surface area (Å²) in [5.41, 5.74) is 2.16. The van der Waals surface area contributed by atoms with E-state index in [0.29, 0.717) is 41.5 Å². The van der Waals surface area contributed by atoms with Gasteiger partial charge in [0.1, 0.15) is 5.75 Å². The number of ether oxygens (including phenoxy) is 2. The number of benzene rings is 1. The lowest BCUT2D eigenvalue weighted by Crippen LogP contribution is -2.37. The van der Waals surface area contributed by atoms with Crippen LogP contribution in [0.1, 0.15) is 21.7 Å². The SMILES string of the molecule is COc1ccc(Br)c(C(=O)NCc2cc(C)nc(N3CCOCC3)n2)c1. The van der Waals surface area contributed by atoms with Crippen LogP contribution in [0.3, 0.4) is 0 Å². The molecule has 1 N–H and O–H groups in total. The van der Waals surface area contributed by atoms with Crippen molar-refractivity contribution < 1.29 is 14.3 Å². The number of halogens is 1. The third-order valence-corrected chi connectivity index (χ3v) is 4.73. The molecule has 0 unspecified atom stereocenters. The predicted octanol–water partition coefficient (Wildman–Crippen LogP) is 2.32. The number of hydrogen-bond donors (Lipinski definition) is 1. The lowest BCUT2D eigenvalue weighted by Gasteiger charge is -2.27. The fourth-order valence-corrected chi connectivity index (χ4v) is 3.11. The van der Waals surface area contributed by atoms with Crippen molar-refractivity contribution in [2.75, 3.05) is 38.3 Å². The Kier molecular flexibility index (Phi) is 6.05. The summed E-state index contributed by atoms with van der Waals surface area (Å²) in [5.74, 6) is 1.12. The third-order valence-electron chi connectivity index (χ3n) is 4.04. The quantitative estimate of drug-likeness (QED) is 0.799. The maximum atomic E-state index is 12.5. The van der Waals surface area contributed by atoms with Crippen LogP contribution in [0.2, 0.25) is 0 Å². The highest BCUT2D eigenvalue weighted by molar-refractivity contribution is 9.10. The lowest BCUT2D eigenvalue weighted by atomic mass is 10.2. The Hall–Kier alpha value is -2.19. The fourth-order valence-electron chi connectivity index (χ4n) is 2.68. The smallest absolute Gasteiger partial charge is 0.252 e. The summed E-state index contributed by atoms with van der Waals surface area (Å²) in [6.45, 7) is 5.14. The highest BCUT2D eigenvalue weighted by Crippen LogP contribution is 2.22. The molecule has 1 saturated heterocycles. The van der Waals surface area contributed by atoms with E-state index in [1.165, 1.54) is 0 Å². The van der Waals surface area contributed by atoms with Crippen LogP contribution in [0.4, 0.5) is 5.95 Å². The summed E-state index contributed by atoms with van der Waals surface area (Å²) in [6.07, 6.45) is 0. The molecular weight excluding hydrogens is 400 g/mol. The Morgan fingerprint density at radius 1 is 1.31 bits per heavy atom. The van der Waals surface area contributed by atoms with Gasteiger partial charge in [0.15, 0.2) is 0 Å². The molecule has 0 aliphatic carbocycles. The Morgan fingerprint density at radius 2 is 2.08 bits per heavy atom. The summed E-state index contributed by atoms with van der Waals surface area (Å²) in [5, 5.41) is 2.91. The average Bonchev–Trinajstić information content (AvgIpc) is 2.67. The minimum atomic E-state index is -0.194. The second-order valence-electron chi connectivity index (χ2n) is 5.93. The first-order valence-corrected chi connectivity index (χ1v) is 9.15. The molecule has 0 radical (unpaired) electrons. The molecule has 7 nitrogen and oxygen atoms in total. The van der Waals surface area contributed by atoms with Gasteiger partial charge in [-0.25, -0.2) is 9.97 Å². The second kappa shape index (κ2) is 8.46. The largest absolute Gasteiger partial charge is 0.497 e.